The van der Waals surface area contributed by atoms with Crippen molar-refractivity contribution < 1.29 is 9.84 Å². The van der Waals surface area contributed by atoms with Crippen LogP contribution in [0.25, 0.3) is 0 Å². The highest BCUT2D eigenvalue weighted by atomic mass is 79.9. The van der Waals surface area contributed by atoms with Crippen LogP contribution in [0.4, 0.5) is 0 Å². The zero-order valence-electron chi connectivity index (χ0n) is 10.0. The van der Waals surface area contributed by atoms with Crippen LogP contribution in [0.2, 0.25) is 0 Å². The van der Waals surface area contributed by atoms with Crippen LogP contribution in [0.15, 0.2) is 0 Å². The van der Waals surface area contributed by atoms with Crippen molar-refractivity contribution in [3.63, 3.8) is 0 Å². The summed E-state index contributed by atoms with van der Waals surface area (Å²) in [6.45, 7) is 3.96. The van der Waals surface area contributed by atoms with Crippen LogP contribution in [0, 0.1) is 29.6 Å². The van der Waals surface area contributed by atoms with Crippen molar-refractivity contribution in [2.45, 2.75) is 43.2 Å². The maximum atomic E-state index is 9.86. The second-order valence-electron chi connectivity index (χ2n) is 5.42. The van der Waals surface area contributed by atoms with Gasteiger partial charge in [0.2, 0.25) is 0 Å². The summed E-state index contributed by atoms with van der Waals surface area (Å²) >= 11 is 3.59. The van der Waals surface area contributed by atoms with Gasteiger partial charge in [-0.3, -0.25) is 0 Å². The predicted molar refractivity (Wildman–Crippen MR) is 67.3 cm³/mol. The highest BCUT2D eigenvalue weighted by Crippen LogP contribution is 2.51. The van der Waals surface area contributed by atoms with Crippen molar-refractivity contribution in [1.82, 2.24) is 0 Å². The second kappa shape index (κ2) is 4.33. The summed E-state index contributed by atoms with van der Waals surface area (Å²) in [5.41, 5.74) is -0.359. The van der Waals surface area contributed by atoms with Crippen molar-refractivity contribution in [2.75, 3.05) is 7.11 Å². The number of aliphatic hydroxyl groups is 1. The number of fused-ring (bicyclic) bond motifs is 2. The zero-order valence-corrected chi connectivity index (χ0v) is 11.6. The first kappa shape index (κ1) is 12.4. The lowest BCUT2D eigenvalue weighted by molar-refractivity contribution is 0.0737. The SMILES string of the molecule is COC(C)(C)C#CC1CC2CC1C(Br)C2O. The van der Waals surface area contributed by atoms with E-state index in [0.29, 0.717) is 17.8 Å². The van der Waals surface area contributed by atoms with E-state index in [2.05, 4.69) is 27.8 Å². The molecule has 2 nitrogen and oxygen atoms in total. The molecule has 5 atom stereocenters. The molecule has 90 valence electrons. The highest BCUT2D eigenvalue weighted by molar-refractivity contribution is 9.09. The van der Waals surface area contributed by atoms with Gasteiger partial charge in [-0.1, -0.05) is 27.8 Å². The summed E-state index contributed by atoms with van der Waals surface area (Å²) in [7, 11) is 1.69. The Balaban J connectivity index is 2.05. The third kappa shape index (κ3) is 2.16. The molecule has 2 bridgehead atoms. The average Bonchev–Trinajstić information content (AvgIpc) is 2.77. The van der Waals surface area contributed by atoms with Gasteiger partial charge in [-0.25, -0.2) is 0 Å². The Morgan fingerprint density at radius 3 is 2.56 bits per heavy atom. The molecule has 0 aromatic heterocycles. The molecule has 0 radical (unpaired) electrons. The summed E-state index contributed by atoms with van der Waals surface area (Å²) in [5, 5.41) is 9.86. The van der Waals surface area contributed by atoms with Crippen molar-refractivity contribution in [1.29, 1.82) is 0 Å². The predicted octanol–water partition coefficient (Wildman–Crippen LogP) is 2.20. The van der Waals surface area contributed by atoms with Gasteiger partial charge in [0.15, 0.2) is 0 Å². The van der Waals surface area contributed by atoms with Crippen LogP contribution in [0.1, 0.15) is 26.7 Å². The molecule has 2 fully saturated rings. The maximum absolute atomic E-state index is 9.86. The van der Waals surface area contributed by atoms with Crippen LogP contribution in [0.5, 0.6) is 0 Å². The quantitative estimate of drug-likeness (QED) is 0.592. The van der Waals surface area contributed by atoms with Crippen LogP contribution in [-0.4, -0.2) is 28.7 Å². The molecule has 2 aliphatic rings. The molecule has 0 heterocycles. The lowest BCUT2D eigenvalue weighted by Gasteiger charge is -2.26. The number of rotatable bonds is 1. The molecule has 2 aliphatic carbocycles. The van der Waals surface area contributed by atoms with E-state index >= 15 is 0 Å². The first-order valence-electron chi connectivity index (χ1n) is 5.84. The van der Waals surface area contributed by atoms with Gasteiger partial charge in [0.05, 0.1) is 6.10 Å². The highest BCUT2D eigenvalue weighted by Gasteiger charge is 2.50. The van der Waals surface area contributed by atoms with Gasteiger partial charge in [0, 0.05) is 17.9 Å². The summed E-state index contributed by atoms with van der Waals surface area (Å²) in [4.78, 5) is 0.233. The van der Waals surface area contributed by atoms with Crippen LogP contribution >= 0.6 is 15.9 Å². The van der Waals surface area contributed by atoms with E-state index in [4.69, 9.17) is 4.74 Å². The number of aliphatic hydroxyl groups excluding tert-OH is 1. The molecule has 2 saturated carbocycles. The maximum Gasteiger partial charge on any atom is 0.122 e. The van der Waals surface area contributed by atoms with Gasteiger partial charge in [-0.2, -0.15) is 0 Å². The number of hydrogen-bond donors (Lipinski definition) is 1. The van der Waals surface area contributed by atoms with E-state index in [9.17, 15) is 5.11 Å². The molecule has 0 spiro atoms. The zero-order chi connectivity index (χ0) is 11.9. The first-order chi connectivity index (χ1) is 7.44. The minimum atomic E-state index is -0.359. The summed E-state index contributed by atoms with van der Waals surface area (Å²) in [6, 6.07) is 0. The van der Waals surface area contributed by atoms with E-state index in [1.165, 1.54) is 0 Å². The standard InChI is InChI=1S/C13H19BrO2/c1-13(2,16-3)5-4-8-6-9-7-10(8)11(14)12(9)15/h8-12,15H,6-7H2,1-3H3. The molecule has 0 saturated heterocycles. The minimum absolute atomic E-state index is 0.168. The van der Waals surface area contributed by atoms with Crippen LogP contribution < -0.4 is 0 Å². The summed E-state index contributed by atoms with van der Waals surface area (Å²) in [6.07, 6.45) is 1.99. The third-order valence-corrected chi connectivity index (χ3v) is 5.16. The molecule has 0 aliphatic heterocycles. The van der Waals surface area contributed by atoms with E-state index < -0.39 is 0 Å². The molecule has 3 heteroatoms. The van der Waals surface area contributed by atoms with Gasteiger partial charge in [-0.05, 0) is 38.5 Å². The van der Waals surface area contributed by atoms with E-state index in [1.807, 2.05) is 13.8 Å². The Labute approximate surface area is 106 Å². The van der Waals surface area contributed by atoms with Gasteiger partial charge in [0.1, 0.15) is 5.60 Å². The average molecular weight is 287 g/mol. The fraction of sp³-hybridized carbons (Fsp3) is 0.846. The molecule has 0 aromatic rings. The Bertz CT molecular complexity index is 327. The normalized spacial score (nSPS) is 41.9. The number of methoxy groups -OCH3 is 1. The monoisotopic (exact) mass is 286 g/mol. The number of hydrogen-bond acceptors (Lipinski definition) is 2. The van der Waals surface area contributed by atoms with E-state index in [-0.39, 0.29) is 16.5 Å². The van der Waals surface area contributed by atoms with Gasteiger partial charge in [-0.15, -0.1) is 0 Å². The first-order valence-corrected chi connectivity index (χ1v) is 6.76. The molecule has 1 N–H and O–H groups in total. The Morgan fingerprint density at radius 2 is 2.06 bits per heavy atom. The number of alkyl halides is 1. The lowest BCUT2D eigenvalue weighted by atomic mass is 9.87. The fourth-order valence-corrected chi connectivity index (χ4v) is 3.75. The molecule has 2 rings (SSSR count). The molecular formula is C13H19BrO2. The van der Waals surface area contributed by atoms with Gasteiger partial charge >= 0.3 is 0 Å². The van der Waals surface area contributed by atoms with E-state index in [0.717, 1.165) is 12.8 Å². The fourth-order valence-electron chi connectivity index (χ4n) is 2.74. The lowest BCUT2D eigenvalue weighted by Crippen LogP contribution is -2.32. The molecule has 5 unspecified atom stereocenters. The smallest absolute Gasteiger partial charge is 0.122 e. The van der Waals surface area contributed by atoms with Crippen molar-refractivity contribution in [2.24, 2.45) is 17.8 Å². The topological polar surface area (TPSA) is 29.5 Å². The van der Waals surface area contributed by atoms with E-state index in [1.54, 1.807) is 7.11 Å². The number of halogens is 1. The van der Waals surface area contributed by atoms with Crippen molar-refractivity contribution in [3.05, 3.63) is 0 Å². The van der Waals surface area contributed by atoms with Crippen LogP contribution in [-0.2, 0) is 4.74 Å². The molecular weight excluding hydrogens is 268 g/mol. The Hall–Kier alpha value is -0.0400. The van der Waals surface area contributed by atoms with Gasteiger partial charge < -0.3 is 9.84 Å². The second-order valence-corrected chi connectivity index (χ2v) is 6.48. The molecule has 16 heavy (non-hydrogen) atoms. The van der Waals surface area contributed by atoms with Gasteiger partial charge in [0.25, 0.3) is 0 Å². The van der Waals surface area contributed by atoms with Crippen molar-refractivity contribution in [3.8, 4) is 11.8 Å². The molecule has 0 amide bonds. The van der Waals surface area contributed by atoms with Crippen molar-refractivity contribution >= 4 is 15.9 Å². The third-order valence-electron chi connectivity index (χ3n) is 3.94. The minimum Gasteiger partial charge on any atom is -0.392 e. The Morgan fingerprint density at radius 1 is 1.38 bits per heavy atom. The Kier molecular flexibility index (Phi) is 3.36. The summed E-state index contributed by atoms with van der Waals surface area (Å²) in [5.74, 6) is 7.92. The van der Waals surface area contributed by atoms with Crippen LogP contribution in [0.3, 0.4) is 0 Å². The number of ether oxygens (including phenoxy) is 1. The molecule has 0 aromatic carbocycles. The summed E-state index contributed by atoms with van der Waals surface area (Å²) < 4.78 is 5.29. The largest absolute Gasteiger partial charge is 0.392 e.